The second kappa shape index (κ2) is 5.42. The molecule has 2 aromatic rings. The molecule has 6 nitrogen and oxygen atoms in total. The Morgan fingerprint density at radius 1 is 1.39 bits per heavy atom. The molecule has 6 heteroatoms. The van der Waals surface area contributed by atoms with Gasteiger partial charge in [0.05, 0.1) is 7.11 Å². The van der Waals surface area contributed by atoms with Crippen molar-refractivity contribution in [2.45, 2.75) is 6.61 Å². The highest BCUT2D eigenvalue weighted by atomic mass is 16.5. The Bertz CT molecular complexity index is 595. The van der Waals surface area contributed by atoms with E-state index in [9.17, 15) is 4.79 Å². The molecule has 1 N–H and O–H groups in total. The minimum Gasteiger partial charge on any atom is -0.494 e. The van der Waals surface area contributed by atoms with Gasteiger partial charge in [0.1, 0.15) is 29.6 Å². The number of ether oxygens (including phenoxy) is 2. The van der Waals surface area contributed by atoms with Crippen LogP contribution in [0.2, 0.25) is 0 Å². The van der Waals surface area contributed by atoms with Crippen molar-refractivity contribution in [2.24, 2.45) is 0 Å². The van der Waals surface area contributed by atoms with Gasteiger partial charge in [0.15, 0.2) is 0 Å². The standard InChI is InChI=1S/C12H13N3O3/c1-17-7-10-14-8(6-11(16)15-10)12-9(18-2)4-3-5-13-12/h3-6H,7H2,1-2H3,(H,14,15,16). The van der Waals surface area contributed by atoms with Gasteiger partial charge in [0, 0.05) is 19.4 Å². The fourth-order valence-electron chi connectivity index (χ4n) is 1.58. The van der Waals surface area contributed by atoms with E-state index in [1.54, 1.807) is 25.4 Å². The van der Waals surface area contributed by atoms with Crippen LogP contribution in [0.15, 0.2) is 29.2 Å². The maximum absolute atomic E-state index is 11.5. The molecule has 0 atom stereocenters. The van der Waals surface area contributed by atoms with Gasteiger partial charge in [-0.3, -0.25) is 9.78 Å². The molecular formula is C12H13N3O3. The summed E-state index contributed by atoms with van der Waals surface area (Å²) in [5.41, 5.74) is 0.742. The molecule has 0 aliphatic carbocycles. The van der Waals surface area contributed by atoms with E-state index in [0.717, 1.165) is 0 Å². The number of pyridine rings is 1. The van der Waals surface area contributed by atoms with E-state index in [1.807, 2.05) is 0 Å². The molecule has 0 unspecified atom stereocenters. The molecule has 2 rings (SSSR count). The van der Waals surface area contributed by atoms with Crippen LogP contribution in [0.3, 0.4) is 0 Å². The minimum absolute atomic E-state index is 0.234. The highest BCUT2D eigenvalue weighted by Gasteiger charge is 2.10. The molecule has 2 heterocycles. The highest BCUT2D eigenvalue weighted by Crippen LogP contribution is 2.24. The fourth-order valence-corrected chi connectivity index (χ4v) is 1.58. The second-order valence-corrected chi connectivity index (χ2v) is 3.56. The number of rotatable bonds is 4. The summed E-state index contributed by atoms with van der Waals surface area (Å²) in [6, 6.07) is 4.90. The maximum Gasteiger partial charge on any atom is 0.251 e. The SMILES string of the molecule is COCc1nc(-c2ncccc2OC)cc(=O)[nH]1. The molecule has 0 bridgehead atoms. The summed E-state index contributed by atoms with van der Waals surface area (Å²) in [4.78, 5) is 22.6. The number of hydrogen-bond acceptors (Lipinski definition) is 5. The van der Waals surface area contributed by atoms with Crippen LogP contribution in [0.4, 0.5) is 0 Å². The summed E-state index contributed by atoms with van der Waals surface area (Å²) in [6.07, 6.45) is 1.62. The second-order valence-electron chi connectivity index (χ2n) is 3.56. The summed E-state index contributed by atoms with van der Waals surface area (Å²) < 4.78 is 10.1. The van der Waals surface area contributed by atoms with Crippen LogP contribution in [0.25, 0.3) is 11.4 Å². The van der Waals surface area contributed by atoms with Crippen molar-refractivity contribution >= 4 is 0 Å². The minimum atomic E-state index is -0.250. The Balaban J connectivity index is 2.53. The van der Waals surface area contributed by atoms with Crippen LogP contribution >= 0.6 is 0 Å². The Kier molecular flexibility index (Phi) is 3.69. The lowest BCUT2D eigenvalue weighted by Crippen LogP contribution is -2.12. The van der Waals surface area contributed by atoms with Crippen molar-refractivity contribution in [2.75, 3.05) is 14.2 Å². The van der Waals surface area contributed by atoms with Crippen LogP contribution in [-0.2, 0) is 11.3 Å². The van der Waals surface area contributed by atoms with E-state index in [-0.39, 0.29) is 12.2 Å². The zero-order chi connectivity index (χ0) is 13.0. The van der Waals surface area contributed by atoms with Gasteiger partial charge in [0.25, 0.3) is 5.56 Å². The number of aromatic nitrogens is 3. The van der Waals surface area contributed by atoms with Crippen molar-refractivity contribution in [3.8, 4) is 17.1 Å². The van der Waals surface area contributed by atoms with Gasteiger partial charge in [-0.25, -0.2) is 4.98 Å². The molecule has 0 aliphatic heterocycles. The number of methoxy groups -OCH3 is 2. The van der Waals surface area contributed by atoms with Crippen LogP contribution in [0.5, 0.6) is 5.75 Å². The smallest absolute Gasteiger partial charge is 0.251 e. The summed E-state index contributed by atoms with van der Waals surface area (Å²) in [5.74, 6) is 1.02. The van der Waals surface area contributed by atoms with E-state index in [4.69, 9.17) is 9.47 Å². The lowest BCUT2D eigenvalue weighted by atomic mass is 10.2. The van der Waals surface area contributed by atoms with Crippen LogP contribution < -0.4 is 10.3 Å². The first-order chi connectivity index (χ1) is 8.74. The third-order valence-corrected chi connectivity index (χ3v) is 2.30. The topological polar surface area (TPSA) is 77.1 Å². The van der Waals surface area contributed by atoms with Crippen LogP contribution in [0.1, 0.15) is 5.82 Å². The zero-order valence-electron chi connectivity index (χ0n) is 10.1. The van der Waals surface area contributed by atoms with Gasteiger partial charge in [-0.2, -0.15) is 0 Å². The lowest BCUT2D eigenvalue weighted by molar-refractivity contribution is 0.177. The molecule has 94 valence electrons. The highest BCUT2D eigenvalue weighted by molar-refractivity contribution is 5.61. The predicted octanol–water partition coefficient (Wildman–Crippen LogP) is 0.987. The molecular weight excluding hydrogens is 234 g/mol. The largest absolute Gasteiger partial charge is 0.494 e. The Morgan fingerprint density at radius 3 is 2.94 bits per heavy atom. The molecule has 0 saturated carbocycles. The fraction of sp³-hybridized carbons (Fsp3) is 0.250. The van der Waals surface area contributed by atoms with E-state index < -0.39 is 0 Å². The number of nitrogens with zero attached hydrogens (tertiary/aromatic N) is 2. The predicted molar refractivity (Wildman–Crippen MR) is 65.4 cm³/mol. The molecule has 0 saturated heterocycles. The average molecular weight is 247 g/mol. The number of nitrogens with one attached hydrogen (secondary N) is 1. The normalized spacial score (nSPS) is 10.3. The van der Waals surface area contributed by atoms with Crippen molar-refractivity contribution in [3.63, 3.8) is 0 Å². The van der Waals surface area contributed by atoms with Gasteiger partial charge in [-0.1, -0.05) is 0 Å². The molecule has 0 fully saturated rings. The lowest BCUT2D eigenvalue weighted by Gasteiger charge is -2.07. The van der Waals surface area contributed by atoms with Gasteiger partial charge >= 0.3 is 0 Å². The third-order valence-electron chi connectivity index (χ3n) is 2.30. The van der Waals surface area contributed by atoms with Crippen LogP contribution in [0, 0.1) is 0 Å². The summed E-state index contributed by atoms with van der Waals surface area (Å²) in [6.45, 7) is 0.234. The van der Waals surface area contributed by atoms with Crippen molar-refractivity contribution in [3.05, 3.63) is 40.6 Å². The first kappa shape index (κ1) is 12.3. The van der Waals surface area contributed by atoms with Gasteiger partial charge in [-0.15, -0.1) is 0 Å². The monoisotopic (exact) mass is 247 g/mol. The van der Waals surface area contributed by atoms with E-state index in [2.05, 4.69) is 15.0 Å². The van der Waals surface area contributed by atoms with E-state index in [0.29, 0.717) is 23.0 Å². The molecule has 2 aromatic heterocycles. The first-order valence-corrected chi connectivity index (χ1v) is 5.33. The third kappa shape index (κ3) is 2.54. The molecule has 0 amide bonds. The van der Waals surface area contributed by atoms with Gasteiger partial charge in [-0.05, 0) is 12.1 Å². The maximum atomic E-state index is 11.5. The number of aromatic amines is 1. The quantitative estimate of drug-likeness (QED) is 0.871. The van der Waals surface area contributed by atoms with Crippen LogP contribution in [-0.4, -0.2) is 29.2 Å². The molecule has 18 heavy (non-hydrogen) atoms. The summed E-state index contributed by atoms with van der Waals surface area (Å²) >= 11 is 0. The van der Waals surface area contributed by atoms with Gasteiger partial charge < -0.3 is 14.5 Å². The number of hydrogen-bond donors (Lipinski definition) is 1. The molecule has 0 radical (unpaired) electrons. The zero-order valence-corrected chi connectivity index (χ0v) is 10.1. The molecule has 0 aromatic carbocycles. The Labute approximate surface area is 104 Å². The van der Waals surface area contributed by atoms with Crippen molar-refractivity contribution in [1.29, 1.82) is 0 Å². The Morgan fingerprint density at radius 2 is 2.22 bits per heavy atom. The average Bonchev–Trinajstić information content (AvgIpc) is 2.38. The van der Waals surface area contributed by atoms with Gasteiger partial charge in [0.2, 0.25) is 0 Å². The van der Waals surface area contributed by atoms with Crippen molar-refractivity contribution < 1.29 is 9.47 Å². The molecule has 0 spiro atoms. The first-order valence-electron chi connectivity index (χ1n) is 5.33. The summed E-state index contributed by atoms with van der Waals surface area (Å²) in [7, 11) is 3.08. The molecule has 0 aliphatic rings. The summed E-state index contributed by atoms with van der Waals surface area (Å²) in [5, 5.41) is 0. The Hall–Kier alpha value is -2.21. The van der Waals surface area contributed by atoms with E-state index in [1.165, 1.54) is 13.2 Å². The van der Waals surface area contributed by atoms with E-state index >= 15 is 0 Å². The van der Waals surface area contributed by atoms with Crippen molar-refractivity contribution in [1.82, 2.24) is 15.0 Å². The number of H-pyrrole nitrogens is 1.